The minimum absolute atomic E-state index is 0.501. The van der Waals surface area contributed by atoms with Gasteiger partial charge >= 0.3 is 11.7 Å². The third-order valence-electron chi connectivity index (χ3n) is 5.10. The number of hydrogen-bond acceptors (Lipinski definition) is 12. The van der Waals surface area contributed by atoms with E-state index >= 15 is 0 Å². The van der Waals surface area contributed by atoms with Crippen molar-refractivity contribution < 1.29 is 48.6 Å². The van der Waals surface area contributed by atoms with Crippen molar-refractivity contribution in [3.05, 3.63) is 44.9 Å². The number of nitrogens with zero attached hydrogens (tertiary/aromatic N) is 1. The maximum Gasteiger partial charge on any atom is 0.373 e. The number of aliphatic hydroxyl groups excluding tert-OH is 3. The van der Waals surface area contributed by atoms with Gasteiger partial charge in [0.1, 0.15) is 30.5 Å². The Hall–Kier alpha value is -3.08. The van der Waals surface area contributed by atoms with Gasteiger partial charge in [0.25, 0.3) is 5.56 Å². The summed E-state index contributed by atoms with van der Waals surface area (Å²) in [6.07, 6.45) is -11.0. The van der Waals surface area contributed by atoms with Gasteiger partial charge in [-0.05, 0) is 6.08 Å². The molecule has 2 aliphatic rings. The fourth-order valence-electron chi connectivity index (χ4n) is 3.51. The average Bonchev–Trinajstić information content (AvgIpc) is 3.09. The Morgan fingerprint density at radius 1 is 1.21 bits per heavy atom. The van der Waals surface area contributed by atoms with E-state index in [-0.39, 0.29) is 0 Å². The number of hydrogen-bond donors (Lipinski definition) is 5. The lowest BCUT2D eigenvalue weighted by Crippen LogP contribution is -2.53. The molecular weight excluding hydrogens is 450 g/mol. The monoisotopic (exact) mass is 473 g/mol. The molecule has 1 saturated heterocycles. The first-order chi connectivity index (χ1) is 15.6. The maximum absolute atomic E-state index is 12.2. The molecule has 1 fully saturated rings. The number of nitrogens with one attached hydrogen (secondary N) is 1. The van der Waals surface area contributed by atoms with Gasteiger partial charge in [-0.3, -0.25) is 9.59 Å². The lowest BCUT2D eigenvalue weighted by Gasteiger charge is -2.34. The largest absolute Gasteiger partial charge is 0.463 e. The molecule has 2 aliphatic heterocycles. The fourth-order valence-corrected chi connectivity index (χ4v) is 3.51. The first-order valence-corrected chi connectivity index (χ1v) is 9.55. The number of amides is 1. The number of H-pyrrole nitrogens is 1. The zero-order valence-corrected chi connectivity index (χ0v) is 17.4. The molecule has 6 N–H and O–H groups in total. The number of carbonyl (C=O) groups excluding carboxylic acids is 2. The van der Waals surface area contributed by atoms with Crippen molar-refractivity contribution >= 4 is 11.9 Å². The Bertz CT molecular complexity index is 1010. The number of primary amides is 1. The third kappa shape index (κ3) is 4.68. The Morgan fingerprint density at radius 2 is 1.91 bits per heavy atom. The predicted octanol–water partition coefficient (Wildman–Crippen LogP) is -4.18. The lowest BCUT2D eigenvalue weighted by atomic mass is 10.0. The first kappa shape index (κ1) is 24.6. The maximum atomic E-state index is 12.2. The van der Waals surface area contributed by atoms with E-state index < -0.39 is 78.0 Å². The molecule has 8 unspecified atom stereocenters. The van der Waals surface area contributed by atoms with Crippen LogP contribution in [0.3, 0.4) is 0 Å². The molecule has 1 amide bonds. The quantitative estimate of drug-likeness (QED) is 0.238. The number of carbonyl (C=O) groups is 2. The second kappa shape index (κ2) is 9.82. The summed E-state index contributed by atoms with van der Waals surface area (Å²) in [5.74, 6) is -2.65. The van der Waals surface area contributed by atoms with Gasteiger partial charge in [-0.15, -0.1) is 0 Å². The van der Waals surface area contributed by atoms with Crippen molar-refractivity contribution in [1.82, 2.24) is 9.55 Å². The number of esters is 1. The van der Waals surface area contributed by atoms with Crippen LogP contribution in [0.1, 0.15) is 6.23 Å². The molecule has 3 heterocycles. The van der Waals surface area contributed by atoms with E-state index in [1.165, 1.54) is 0 Å². The van der Waals surface area contributed by atoms with Crippen molar-refractivity contribution in [1.29, 1.82) is 0 Å². The van der Waals surface area contributed by atoms with Crippen molar-refractivity contribution in [3.63, 3.8) is 0 Å². The molecule has 182 valence electrons. The molecule has 0 spiro atoms. The molecular formula is C18H23N3O12. The molecule has 15 nitrogen and oxygen atoms in total. The summed E-state index contributed by atoms with van der Waals surface area (Å²) in [7, 11) is 2.22. The predicted molar refractivity (Wildman–Crippen MR) is 103 cm³/mol. The van der Waals surface area contributed by atoms with Gasteiger partial charge in [0.05, 0.1) is 7.11 Å². The minimum Gasteiger partial charge on any atom is -0.463 e. The van der Waals surface area contributed by atoms with Crippen molar-refractivity contribution in [3.8, 4) is 0 Å². The number of methoxy groups -OCH3 is 2. The highest BCUT2D eigenvalue weighted by Crippen LogP contribution is 2.33. The van der Waals surface area contributed by atoms with Crippen LogP contribution in [0.5, 0.6) is 0 Å². The normalized spacial score (nSPS) is 32.5. The fraction of sp³-hybridized carbons (Fsp3) is 0.556. The molecule has 33 heavy (non-hydrogen) atoms. The molecule has 0 radical (unpaired) electrons. The minimum atomic E-state index is -1.79. The lowest BCUT2D eigenvalue weighted by molar-refractivity contribution is -0.242. The van der Waals surface area contributed by atoms with E-state index in [1.807, 2.05) is 0 Å². The van der Waals surface area contributed by atoms with E-state index in [0.717, 1.165) is 32.6 Å². The van der Waals surface area contributed by atoms with Gasteiger partial charge in [-0.2, -0.15) is 0 Å². The molecule has 0 saturated carbocycles. The van der Waals surface area contributed by atoms with Crippen molar-refractivity contribution in [2.75, 3.05) is 14.2 Å². The molecule has 15 heteroatoms. The van der Waals surface area contributed by atoms with E-state index in [1.54, 1.807) is 0 Å². The van der Waals surface area contributed by atoms with E-state index in [0.29, 0.717) is 4.57 Å². The molecule has 1 aromatic rings. The Kier molecular flexibility index (Phi) is 7.31. The van der Waals surface area contributed by atoms with Gasteiger partial charge in [0, 0.05) is 19.4 Å². The number of ether oxygens (including phenoxy) is 5. The Labute approximate surface area is 184 Å². The molecule has 8 atom stereocenters. The summed E-state index contributed by atoms with van der Waals surface area (Å²) in [5.41, 5.74) is 3.71. The highest BCUT2D eigenvalue weighted by Gasteiger charge is 2.52. The van der Waals surface area contributed by atoms with Crippen LogP contribution in [-0.2, 0) is 33.3 Å². The van der Waals surface area contributed by atoms with Gasteiger partial charge in [-0.25, -0.2) is 14.2 Å². The molecule has 0 aromatic carbocycles. The smallest absolute Gasteiger partial charge is 0.373 e. The molecule has 0 bridgehead atoms. The van der Waals surface area contributed by atoms with Gasteiger partial charge in [-0.1, -0.05) is 0 Å². The summed E-state index contributed by atoms with van der Waals surface area (Å²) < 4.78 is 26.4. The second-order valence-electron chi connectivity index (χ2n) is 7.12. The number of aromatic amines is 1. The van der Waals surface area contributed by atoms with Crippen molar-refractivity contribution in [2.24, 2.45) is 5.73 Å². The molecule has 0 aliphatic carbocycles. The van der Waals surface area contributed by atoms with Gasteiger partial charge in [0.2, 0.25) is 18.0 Å². The molecule has 1 aromatic heterocycles. The second-order valence-corrected chi connectivity index (χ2v) is 7.12. The van der Waals surface area contributed by atoms with Crippen LogP contribution in [0.4, 0.5) is 0 Å². The van der Waals surface area contributed by atoms with Crippen LogP contribution in [0.2, 0.25) is 0 Å². The average molecular weight is 473 g/mol. The Morgan fingerprint density at radius 3 is 2.48 bits per heavy atom. The van der Waals surface area contributed by atoms with Crippen LogP contribution in [0.25, 0.3) is 0 Å². The van der Waals surface area contributed by atoms with Gasteiger partial charge in [0.15, 0.2) is 12.3 Å². The summed E-state index contributed by atoms with van der Waals surface area (Å²) in [6.45, 7) is 0. The number of nitrogens with two attached hydrogens (primary N) is 1. The van der Waals surface area contributed by atoms with E-state index in [9.17, 15) is 34.5 Å². The van der Waals surface area contributed by atoms with Crippen LogP contribution in [0.15, 0.2) is 33.7 Å². The van der Waals surface area contributed by atoms with Crippen LogP contribution in [0, 0.1) is 0 Å². The number of rotatable bonds is 7. The van der Waals surface area contributed by atoms with E-state index in [2.05, 4.69) is 9.72 Å². The van der Waals surface area contributed by atoms with Crippen LogP contribution >= 0.6 is 0 Å². The first-order valence-electron chi connectivity index (χ1n) is 9.55. The van der Waals surface area contributed by atoms with Gasteiger partial charge < -0.3 is 49.7 Å². The highest BCUT2D eigenvalue weighted by atomic mass is 16.7. The zero-order chi connectivity index (χ0) is 24.4. The van der Waals surface area contributed by atoms with E-state index in [4.69, 9.17) is 24.7 Å². The molecule has 3 rings (SSSR count). The summed E-state index contributed by atoms with van der Waals surface area (Å²) in [5, 5.41) is 30.8. The van der Waals surface area contributed by atoms with Crippen molar-refractivity contribution in [2.45, 2.75) is 49.1 Å². The van der Waals surface area contributed by atoms with Crippen LogP contribution in [-0.4, -0.2) is 93.9 Å². The SMILES string of the molecule is COC(=O)C1=CC(O)C(O)C(OC(C(N)=O)C2OC(n3c(=O)cc[nH]c3=O)C(O)C2OC)O1. The van der Waals surface area contributed by atoms with Crippen LogP contribution < -0.4 is 17.0 Å². The summed E-state index contributed by atoms with van der Waals surface area (Å²) >= 11 is 0. The standard InChI is InChI=1S/C18H23N3O12/c1-29-11-10(25)15(21-8(23)3-4-20-18(21)28)32-12(11)13(14(19)26)33-17-9(24)6(22)5-7(31-17)16(27)30-2/h3-6,9-13,15,17,22,24-25H,1-2H3,(H2,19,26)(H,20,28). The topological polar surface area (TPSA) is 222 Å². The zero-order valence-electron chi connectivity index (χ0n) is 17.4. The third-order valence-corrected chi connectivity index (χ3v) is 5.10. The summed E-state index contributed by atoms with van der Waals surface area (Å²) in [4.78, 5) is 50.5. The number of aromatic nitrogens is 2. The highest BCUT2D eigenvalue weighted by molar-refractivity contribution is 5.86. The number of aliphatic hydroxyl groups is 3. The Balaban J connectivity index is 1.90. The summed E-state index contributed by atoms with van der Waals surface area (Å²) in [6, 6.07) is 1.02.